The molecule has 0 aliphatic heterocycles. The lowest BCUT2D eigenvalue weighted by molar-refractivity contribution is -0.121. The molecule has 2 amide bonds. The van der Waals surface area contributed by atoms with Crippen molar-refractivity contribution in [3.05, 3.63) is 48.4 Å². The van der Waals surface area contributed by atoms with Gasteiger partial charge in [0.05, 0.1) is 26.4 Å². The fourth-order valence-corrected chi connectivity index (χ4v) is 1.95. The first kappa shape index (κ1) is 17.4. The number of methoxy groups -OCH3 is 1. The van der Waals surface area contributed by atoms with Crippen molar-refractivity contribution >= 4 is 11.8 Å². The van der Waals surface area contributed by atoms with Gasteiger partial charge < -0.3 is 24.5 Å². The van der Waals surface area contributed by atoms with Crippen LogP contribution in [0.5, 0.6) is 11.5 Å². The minimum atomic E-state index is -0.311. The van der Waals surface area contributed by atoms with Gasteiger partial charge >= 0.3 is 0 Å². The van der Waals surface area contributed by atoms with Gasteiger partial charge in [0.25, 0.3) is 5.91 Å². The summed E-state index contributed by atoms with van der Waals surface area (Å²) in [7, 11) is 1.56. The molecule has 1 aromatic heterocycles. The fraction of sp³-hybridized carbons (Fsp3) is 0.294. The van der Waals surface area contributed by atoms with Crippen molar-refractivity contribution in [2.75, 3.05) is 26.8 Å². The molecule has 128 valence electrons. The van der Waals surface area contributed by atoms with Crippen molar-refractivity contribution in [1.82, 2.24) is 10.6 Å². The standard InChI is InChI=1S/C17H20N2O5/c1-22-13-5-2-3-6-14(13)24-12-8-16(20)18-9-10-19-17(21)15-7-4-11-23-15/h2-7,11H,8-10,12H2,1H3,(H,18,20)(H,19,21). The highest BCUT2D eigenvalue weighted by Gasteiger charge is 2.08. The van der Waals surface area contributed by atoms with E-state index in [1.807, 2.05) is 12.1 Å². The van der Waals surface area contributed by atoms with Crippen LogP contribution in [-0.2, 0) is 4.79 Å². The molecule has 0 aliphatic rings. The molecule has 7 heteroatoms. The van der Waals surface area contributed by atoms with Gasteiger partial charge in [0.1, 0.15) is 0 Å². The molecule has 0 unspecified atom stereocenters. The number of amides is 2. The maximum atomic E-state index is 11.7. The zero-order valence-electron chi connectivity index (χ0n) is 13.4. The highest BCUT2D eigenvalue weighted by atomic mass is 16.5. The van der Waals surface area contributed by atoms with Gasteiger partial charge in [-0.3, -0.25) is 9.59 Å². The van der Waals surface area contributed by atoms with E-state index in [1.165, 1.54) is 6.26 Å². The first-order valence-electron chi connectivity index (χ1n) is 7.55. The summed E-state index contributed by atoms with van der Waals surface area (Å²) < 4.78 is 15.6. The van der Waals surface area contributed by atoms with E-state index in [0.717, 1.165) is 0 Å². The largest absolute Gasteiger partial charge is 0.493 e. The summed E-state index contributed by atoms with van der Waals surface area (Å²) in [6.07, 6.45) is 1.64. The van der Waals surface area contributed by atoms with Gasteiger partial charge in [-0.05, 0) is 24.3 Å². The third-order valence-corrected chi connectivity index (χ3v) is 3.13. The van der Waals surface area contributed by atoms with Crippen molar-refractivity contribution < 1.29 is 23.5 Å². The van der Waals surface area contributed by atoms with E-state index < -0.39 is 0 Å². The molecule has 24 heavy (non-hydrogen) atoms. The summed E-state index contributed by atoms with van der Waals surface area (Å²) in [5.74, 6) is 0.995. The molecule has 0 spiro atoms. The highest BCUT2D eigenvalue weighted by Crippen LogP contribution is 2.25. The van der Waals surface area contributed by atoms with Crippen molar-refractivity contribution in [2.45, 2.75) is 6.42 Å². The van der Waals surface area contributed by atoms with Crippen LogP contribution in [0, 0.1) is 0 Å². The van der Waals surface area contributed by atoms with Crippen LogP contribution < -0.4 is 20.1 Å². The molecule has 0 saturated heterocycles. The number of benzene rings is 1. The van der Waals surface area contributed by atoms with Crippen LogP contribution in [0.4, 0.5) is 0 Å². The highest BCUT2D eigenvalue weighted by molar-refractivity contribution is 5.91. The van der Waals surface area contributed by atoms with Gasteiger partial charge in [-0.2, -0.15) is 0 Å². The summed E-state index contributed by atoms with van der Waals surface area (Å²) in [5.41, 5.74) is 0. The molecule has 0 saturated carbocycles. The Bertz CT molecular complexity index is 655. The maximum absolute atomic E-state index is 11.7. The smallest absolute Gasteiger partial charge is 0.287 e. The topological polar surface area (TPSA) is 89.8 Å². The SMILES string of the molecule is COc1ccccc1OCCC(=O)NCCNC(=O)c1ccco1. The van der Waals surface area contributed by atoms with Gasteiger partial charge in [0.15, 0.2) is 17.3 Å². The zero-order chi connectivity index (χ0) is 17.2. The Hall–Kier alpha value is -2.96. The van der Waals surface area contributed by atoms with E-state index in [-0.39, 0.29) is 30.6 Å². The number of nitrogens with one attached hydrogen (secondary N) is 2. The molecule has 2 N–H and O–H groups in total. The second-order valence-corrected chi connectivity index (χ2v) is 4.83. The molecule has 0 bridgehead atoms. The quantitative estimate of drug-likeness (QED) is 0.681. The minimum Gasteiger partial charge on any atom is -0.493 e. The van der Waals surface area contributed by atoms with Crippen molar-refractivity contribution in [3.8, 4) is 11.5 Å². The Kier molecular flexibility index (Phi) is 6.70. The molecular formula is C17H20N2O5. The Morgan fingerprint density at radius 1 is 1.04 bits per heavy atom. The predicted molar refractivity (Wildman–Crippen MR) is 87.2 cm³/mol. The summed E-state index contributed by atoms with van der Waals surface area (Å²) in [5, 5.41) is 5.34. The second kappa shape index (κ2) is 9.24. The summed E-state index contributed by atoms with van der Waals surface area (Å²) >= 11 is 0. The molecule has 0 atom stereocenters. The number of furan rings is 1. The van der Waals surface area contributed by atoms with Gasteiger partial charge in [-0.25, -0.2) is 0 Å². The van der Waals surface area contributed by atoms with Gasteiger partial charge in [-0.1, -0.05) is 12.1 Å². The molecule has 2 aromatic rings. The van der Waals surface area contributed by atoms with E-state index in [4.69, 9.17) is 13.9 Å². The van der Waals surface area contributed by atoms with Crippen molar-refractivity contribution in [3.63, 3.8) is 0 Å². The molecule has 0 aliphatic carbocycles. The third kappa shape index (κ3) is 5.35. The molecule has 1 heterocycles. The predicted octanol–water partition coefficient (Wildman–Crippen LogP) is 1.60. The number of hydrogen-bond acceptors (Lipinski definition) is 5. The van der Waals surface area contributed by atoms with E-state index >= 15 is 0 Å². The molecule has 2 rings (SSSR count). The Balaban J connectivity index is 1.59. The summed E-state index contributed by atoms with van der Waals surface area (Å²) in [4.78, 5) is 23.3. The summed E-state index contributed by atoms with van der Waals surface area (Å²) in [6.45, 7) is 0.892. The van der Waals surface area contributed by atoms with Crippen molar-refractivity contribution in [2.24, 2.45) is 0 Å². The number of para-hydroxylation sites is 2. The van der Waals surface area contributed by atoms with E-state index in [1.54, 1.807) is 31.4 Å². The van der Waals surface area contributed by atoms with Gasteiger partial charge in [-0.15, -0.1) is 0 Å². The van der Waals surface area contributed by atoms with E-state index in [9.17, 15) is 9.59 Å². The molecule has 0 fully saturated rings. The number of carbonyl (C=O) groups is 2. The van der Waals surface area contributed by atoms with Crippen LogP contribution in [0.1, 0.15) is 17.0 Å². The van der Waals surface area contributed by atoms with E-state index in [2.05, 4.69) is 10.6 Å². The second-order valence-electron chi connectivity index (χ2n) is 4.83. The van der Waals surface area contributed by atoms with Crippen LogP contribution >= 0.6 is 0 Å². The van der Waals surface area contributed by atoms with Crippen molar-refractivity contribution in [1.29, 1.82) is 0 Å². The lowest BCUT2D eigenvalue weighted by Gasteiger charge is -2.10. The average Bonchev–Trinajstić information content (AvgIpc) is 3.13. The molecule has 7 nitrogen and oxygen atoms in total. The number of rotatable bonds is 9. The Morgan fingerprint density at radius 2 is 1.79 bits per heavy atom. The van der Waals surface area contributed by atoms with Crippen LogP contribution in [0.2, 0.25) is 0 Å². The normalized spacial score (nSPS) is 10.0. The third-order valence-electron chi connectivity index (χ3n) is 3.13. The van der Waals surface area contributed by atoms with E-state index in [0.29, 0.717) is 24.6 Å². The van der Waals surface area contributed by atoms with Crippen LogP contribution in [0.25, 0.3) is 0 Å². The average molecular weight is 332 g/mol. The zero-order valence-corrected chi connectivity index (χ0v) is 13.4. The number of carbonyl (C=O) groups excluding carboxylic acids is 2. The van der Waals surface area contributed by atoms with Crippen LogP contribution in [-0.4, -0.2) is 38.6 Å². The lowest BCUT2D eigenvalue weighted by atomic mass is 10.3. The van der Waals surface area contributed by atoms with Crippen LogP contribution in [0.15, 0.2) is 47.1 Å². The molecule has 0 radical (unpaired) electrons. The first-order valence-corrected chi connectivity index (χ1v) is 7.55. The Labute approximate surface area is 139 Å². The maximum Gasteiger partial charge on any atom is 0.287 e. The minimum absolute atomic E-state index is 0.155. The fourth-order valence-electron chi connectivity index (χ4n) is 1.95. The molecule has 1 aromatic carbocycles. The number of hydrogen-bond donors (Lipinski definition) is 2. The molecular weight excluding hydrogens is 312 g/mol. The van der Waals surface area contributed by atoms with Gasteiger partial charge in [0, 0.05) is 13.1 Å². The first-order chi connectivity index (χ1) is 11.7. The van der Waals surface area contributed by atoms with Gasteiger partial charge in [0.2, 0.25) is 5.91 Å². The summed E-state index contributed by atoms with van der Waals surface area (Å²) in [6, 6.07) is 10.5. The lowest BCUT2D eigenvalue weighted by Crippen LogP contribution is -2.35. The van der Waals surface area contributed by atoms with Crippen LogP contribution in [0.3, 0.4) is 0 Å². The number of ether oxygens (including phenoxy) is 2. The monoisotopic (exact) mass is 332 g/mol. The Morgan fingerprint density at radius 3 is 2.50 bits per heavy atom.